The number of fused-ring (bicyclic) bond motifs is 1. The molecular weight excluding hydrogens is 406 g/mol. The summed E-state index contributed by atoms with van der Waals surface area (Å²) >= 11 is 3.09. The van der Waals surface area contributed by atoms with Gasteiger partial charge in [0.25, 0.3) is 5.69 Å². The molecule has 0 atom stereocenters. The van der Waals surface area contributed by atoms with E-state index in [1.165, 1.54) is 0 Å². The van der Waals surface area contributed by atoms with Crippen molar-refractivity contribution in [3.05, 3.63) is 73.2 Å². The Labute approximate surface area is 154 Å². The van der Waals surface area contributed by atoms with Crippen molar-refractivity contribution in [1.82, 2.24) is 0 Å². The molecule has 2 N–H and O–H groups in total. The summed E-state index contributed by atoms with van der Waals surface area (Å²) in [7, 11) is 0. The maximum atomic E-state index is 11.3. The number of nitrogens with zero attached hydrogens (tertiary/aromatic N) is 4. The van der Waals surface area contributed by atoms with Gasteiger partial charge in [-0.3, -0.25) is 20.2 Å². The highest BCUT2D eigenvalue weighted by Crippen LogP contribution is 2.40. The molecular formula is C16H10BrN5O4. The molecule has 10 heteroatoms. The van der Waals surface area contributed by atoms with E-state index in [4.69, 9.17) is 5.73 Å². The molecule has 0 amide bonds. The summed E-state index contributed by atoms with van der Waals surface area (Å²) in [5.74, 6) is 0. The summed E-state index contributed by atoms with van der Waals surface area (Å²) in [5, 5.41) is 31.7. The van der Waals surface area contributed by atoms with Crippen LogP contribution in [0.25, 0.3) is 10.8 Å². The number of halogens is 1. The molecule has 0 saturated heterocycles. The first-order valence-electron chi connectivity index (χ1n) is 7.20. The SMILES string of the molecule is Nc1ccc(/N=N/c2c(Br)cc([N+](=O)[O-])cc2[N+](=O)[O-])c2ccccc12. The van der Waals surface area contributed by atoms with Crippen LogP contribution in [0.1, 0.15) is 0 Å². The second-order valence-electron chi connectivity index (χ2n) is 5.23. The van der Waals surface area contributed by atoms with Gasteiger partial charge < -0.3 is 5.73 Å². The van der Waals surface area contributed by atoms with Gasteiger partial charge in [-0.15, -0.1) is 10.2 Å². The van der Waals surface area contributed by atoms with E-state index in [1.54, 1.807) is 18.2 Å². The number of nitro benzene ring substituents is 2. The van der Waals surface area contributed by atoms with Gasteiger partial charge in [0.2, 0.25) is 0 Å². The molecule has 0 aliphatic heterocycles. The van der Waals surface area contributed by atoms with Crippen molar-refractivity contribution >= 4 is 55.1 Å². The first kappa shape index (κ1) is 17.4. The van der Waals surface area contributed by atoms with Crippen molar-refractivity contribution < 1.29 is 9.85 Å². The quantitative estimate of drug-likeness (QED) is 0.262. The van der Waals surface area contributed by atoms with Gasteiger partial charge in [0.1, 0.15) is 0 Å². The smallest absolute Gasteiger partial charge is 0.304 e. The fourth-order valence-corrected chi connectivity index (χ4v) is 2.93. The van der Waals surface area contributed by atoms with Gasteiger partial charge in [-0.1, -0.05) is 24.3 Å². The van der Waals surface area contributed by atoms with Gasteiger partial charge in [-0.25, -0.2) is 0 Å². The zero-order valence-electron chi connectivity index (χ0n) is 13.0. The number of benzene rings is 3. The Kier molecular flexibility index (Phi) is 4.59. The van der Waals surface area contributed by atoms with Crippen LogP contribution in [0.2, 0.25) is 0 Å². The molecule has 0 aromatic heterocycles. The Morgan fingerprint density at radius 3 is 2.27 bits per heavy atom. The zero-order chi connectivity index (χ0) is 18.8. The number of rotatable bonds is 4. The average Bonchev–Trinajstić information content (AvgIpc) is 2.61. The third kappa shape index (κ3) is 3.22. The lowest BCUT2D eigenvalue weighted by Gasteiger charge is -2.04. The fourth-order valence-electron chi connectivity index (χ4n) is 2.41. The summed E-state index contributed by atoms with van der Waals surface area (Å²) in [6.45, 7) is 0. The van der Waals surface area contributed by atoms with Crippen LogP contribution in [0.4, 0.5) is 28.4 Å². The summed E-state index contributed by atoms with van der Waals surface area (Å²) in [5.41, 5.74) is 5.93. The van der Waals surface area contributed by atoms with Crippen LogP contribution >= 0.6 is 15.9 Å². The van der Waals surface area contributed by atoms with E-state index in [0.717, 1.165) is 22.9 Å². The number of azo groups is 1. The van der Waals surface area contributed by atoms with Crippen LogP contribution in [0.15, 0.2) is 63.2 Å². The Balaban J connectivity index is 2.14. The highest BCUT2D eigenvalue weighted by Gasteiger charge is 2.23. The second-order valence-corrected chi connectivity index (χ2v) is 6.08. The highest BCUT2D eigenvalue weighted by atomic mass is 79.9. The normalized spacial score (nSPS) is 11.1. The summed E-state index contributed by atoms with van der Waals surface area (Å²) < 4.78 is 0.0990. The predicted octanol–water partition coefficient (Wildman–Crippen LogP) is 5.42. The Morgan fingerprint density at radius 1 is 0.923 bits per heavy atom. The molecule has 0 unspecified atom stereocenters. The molecule has 0 fully saturated rings. The van der Waals surface area contributed by atoms with Crippen molar-refractivity contribution in [2.75, 3.05) is 5.73 Å². The van der Waals surface area contributed by atoms with E-state index < -0.39 is 21.2 Å². The van der Waals surface area contributed by atoms with Crippen molar-refractivity contribution in [2.45, 2.75) is 0 Å². The van der Waals surface area contributed by atoms with Crippen molar-refractivity contribution in [3.63, 3.8) is 0 Å². The van der Waals surface area contributed by atoms with Gasteiger partial charge in [0.05, 0.1) is 26.1 Å². The van der Waals surface area contributed by atoms with E-state index in [2.05, 4.69) is 26.2 Å². The van der Waals surface area contributed by atoms with E-state index in [1.807, 2.05) is 18.2 Å². The standard InChI is InChI=1S/C16H10BrN5O4/c17-12-7-9(21(23)24)8-15(22(25)26)16(12)20-19-14-6-5-13(18)10-3-1-2-4-11(10)14/h1-8H,18H2/b20-19+. The Morgan fingerprint density at radius 2 is 1.62 bits per heavy atom. The first-order valence-corrected chi connectivity index (χ1v) is 7.99. The molecule has 0 aliphatic carbocycles. The van der Waals surface area contributed by atoms with Gasteiger partial charge in [0.15, 0.2) is 5.69 Å². The summed E-state index contributed by atoms with van der Waals surface area (Å²) in [4.78, 5) is 20.7. The predicted molar refractivity (Wildman–Crippen MR) is 100.0 cm³/mol. The minimum atomic E-state index is -0.743. The molecule has 9 nitrogen and oxygen atoms in total. The maximum Gasteiger partial charge on any atom is 0.304 e. The van der Waals surface area contributed by atoms with E-state index >= 15 is 0 Å². The van der Waals surface area contributed by atoms with Crippen LogP contribution in [-0.4, -0.2) is 9.85 Å². The molecule has 0 radical (unpaired) electrons. The molecule has 3 aromatic carbocycles. The average molecular weight is 416 g/mol. The van der Waals surface area contributed by atoms with Crippen LogP contribution < -0.4 is 5.73 Å². The van der Waals surface area contributed by atoms with Gasteiger partial charge in [0, 0.05) is 22.5 Å². The molecule has 0 heterocycles. The summed E-state index contributed by atoms with van der Waals surface area (Å²) in [6.07, 6.45) is 0. The second kappa shape index (κ2) is 6.84. The lowest BCUT2D eigenvalue weighted by molar-refractivity contribution is -0.393. The molecule has 3 aromatic rings. The van der Waals surface area contributed by atoms with E-state index in [9.17, 15) is 20.2 Å². The van der Waals surface area contributed by atoms with Gasteiger partial charge in [-0.05, 0) is 28.1 Å². The third-order valence-electron chi connectivity index (χ3n) is 3.63. The number of anilines is 1. The number of nitro groups is 2. The van der Waals surface area contributed by atoms with E-state index in [0.29, 0.717) is 11.4 Å². The lowest BCUT2D eigenvalue weighted by Crippen LogP contribution is -1.93. The number of non-ortho nitro benzene ring substituents is 1. The topological polar surface area (TPSA) is 137 Å². The van der Waals surface area contributed by atoms with Crippen LogP contribution in [-0.2, 0) is 0 Å². The molecule has 130 valence electrons. The number of hydrogen-bond donors (Lipinski definition) is 1. The minimum Gasteiger partial charge on any atom is -0.398 e. The molecule has 0 aliphatic rings. The summed E-state index contributed by atoms with van der Waals surface area (Å²) in [6, 6.07) is 12.6. The molecule has 0 spiro atoms. The number of nitrogens with two attached hydrogens (primary N) is 1. The lowest BCUT2D eigenvalue weighted by atomic mass is 10.1. The Hall–Kier alpha value is -3.40. The van der Waals surface area contributed by atoms with Crippen LogP contribution in [0, 0.1) is 20.2 Å². The highest BCUT2D eigenvalue weighted by molar-refractivity contribution is 9.10. The fraction of sp³-hybridized carbons (Fsp3) is 0. The van der Waals surface area contributed by atoms with Crippen molar-refractivity contribution in [2.24, 2.45) is 10.2 Å². The largest absolute Gasteiger partial charge is 0.398 e. The number of nitrogen functional groups attached to an aromatic ring is 1. The molecule has 26 heavy (non-hydrogen) atoms. The van der Waals surface area contributed by atoms with Crippen molar-refractivity contribution in [3.8, 4) is 0 Å². The monoisotopic (exact) mass is 415 g/mol. The minimum absolute atomic E-state index is 0.0990. The van der Waals surface area contributed by atoms with Gasteiger partial charge in [-0.2, -0.15) is 0 Å². The Bertz CT molecular complexity index is 1080. The molecule has 0 bridgehead atoms. The van der Waals surface area contributed by atoms with Crippen LogP contribution in [0.5, 0.6) is 0 Å². The molecule has 3 rings (SSSR count). The maximum absolute atomic E-state index is 11.3. The number of hydrogen-bond acceptors (Lipinski definition) is 7. The van der Waals surface area contributed by atoms with E-state index in [-0.39, 0.29) is 10.2 Å². The zero-order valence-corrected chi connectivity index (χ0v) is 14.6. The first-order chi connectivity index (χ1) is 12.4. The van der Waals surface area contributed by atoms with Crippen LogP contribution in [0.3, 0.4) is 0 Å². The van der Waals surface area contributed by atoms with Crippen molar-refractivity contribution in [1.29, 1.82) is 0 Å². The van der Waals surface area contributed by atoms with Gasteiger partial charge >= 0.3 is 5.69 Å². The third-order valence-corrected chi connectivity index (χ3v) is 4.23. The molecule has 0 saturated carbocycles.